The van der Waals surface area contributed by atoms with Crippen LogP contribution in [-0.4, -0.2) is 39.9 Å². The van der Waals surface area contributed by atoms with Crippen molar-refractivity contribution in [2.45, 2.75) is 31.7 Å². The number of halogens is 2. The first-order chi connectivity index (χ1) is 12.0. The molecular weight excluding hydrogens is 326 g/mol. The molecule has 1 aromatic carbocycles. The van der Waals surface area contributed by atoms with Gasteiger partial charge in [-0.05, 0) is 62.5 Å². The van der Waals surface area contributed by atoms with Gasteiger partial charge in [-0.2, -0.15) is 0 Å². The van der Waals surface area contributed by atoms with E-state index in [1.807, 2.05) is 6.92 Å². The van der Waals surface area contributed by atoms with Gasteiger partial charge in [0.05, 0.1) is 6.04 Å². The van der Waals surface area contributed by atoms with E-state index < -0.39 is 11.6 Å². The molecule has 1 fully saturated rings. The number of hydrogen-bond donors (Lipinski definition) is 1. The molecule has 0 spiro atoms. The van der Waals surface area contributed by atoms with E-state index in [9.17, 15) is 13.6 Å². The number of carbonyl (C=O) groups excluding carboxylic acids is 1. The van der Waals surface area contributed by atoms with Crippen LogP contribution in [0.1, 0.15) is 31.2 Å². The van der Waals surface area contributed by atoms with Gasteiger partial charge in [0.15, 0.2) is 11.6 Å². The summed E-state index contributed by atoms with van der Waals surface area (Å²) in [5.41, 5.74) is 0.813. The summed E-state index contributed by atoms with van der Waals surface area (Å²) in [6, 6.07) is 5.46. The molecule has 1 saturated heterocycles. The average Bonchev–Trinajstić information content (AvgIpc) is 2.64. The van der Waals surface area contributed by atoms with E-state index in [0.717, 1.165) is 18.4 Å². The third-order valence-corrected chi connectivity index (χ3v) is 4.67. The highest BCUT2D eigenvalue weighted by molar-refractivity contribution is 5.93. The second kappa shape index (κ2) is 7.65. The molecule has 5 nitrogen and oxygen atoms in total. The summed E-state index contributed by atoms with van der Waals surface area (Å²) >= 11 is 0. The third-order valence-electron chi connectivity index (χ3n) is 4.67. The van der Waals surface area contributed by atoms with Crippen molar-refractivity contribution in [3.8, 4) is 0 Å². The molecule has 1 aromatic heterocycles. The maximum Gasteiger partial charge on any atom is 0.243 e. The molecule has 1 amide bonds. The highest BCUT2D eigenvalue weighted by atomic mass is 19.2. The number of hydrogen-bond acceptors (Lipinski definition) is 4. The third kappa shape index (κ3) is 4.17. The normalized spacial score (nSPS) is 17.2. The van der Waals surface area contributed by atoms with Crippen LogP contribution < -0.4 is 5.32 Å². The highest BCUT2D eigenvalue weighted by Crippen LogP contribution is 2.29. The van der Waals surface area contributed by atoms with Gasteiger partial charge in [-0.25, -0.2) is 18.7 Å². The van der Waals surface area contributed by atoms with E-state index >= 15 is 0 Å². The molecule has 7 heteroatoms. The van der Waals surface area contributed by atoms with Crippen LogP contribution >= 0.6 is 0 Å². The van der Waals surface area contributed by atoms with Gasteiger partial charge >= 0.3 is 0 Å². The van der Waals surface area contributed by atoms with Gasteiger partial charge in [0.2, 0.25) is 11.9 Å². The number of likely N-dealkylation sites (tertiary alicyclic amines) is 1. The van der Waals surface area contributed by atoms with Crippen LogP contribution in [0, 0.1) is 11.6 Å². The smallest absolute Gasteiger partial charge is 0.243 e. The van der Waals surface area contributed by atoms with Crippen LogP contribution in [0.3, 0.4) is 0 Å². The minimum Gasteiger partial charge on any atom is -0.293 e. The Morgan fingerprint density at radius 3 is 2.52 bits per heavy atom. The zero-order valence-corrected chi connectivity index (χ0v) is 14.0. The quantitative estimate of drug-likeness (QED) is 0.925. The van der Waals surface area contributed by atoms with Crippen molar-refractivity contribution in [1.82, 2.24) is 14.9 Å². The molecule has 0 unspecified atom stereocenters. The predicted molar refractivity (Wildman–Crippen MR) is 90.0 cm³/mol. The number of carbonyl (C=O) groups is 1. The van der Waals surface area contributed by atoms with Crippen LogP contribution in [0.15, 0.2) is 36.7 Å². The number of piperidine rings is 1. The van der Waals surface area contributed by atoms with Gasteiger partial charge in [-0.1, -0.05) is 6.07 Å². The summed E-state index contributed by atoms with van der Waals surface area (Å²) in [6.45, 7) is 3.28. The van der Waals surface area contributed by atoms with Gasteiger partial charge in [-0.3, -0.25) is 15.0 Å². The first-order valence-corrected chi connectivity index (χ1v) is 8.31. The SMILES string of the molecule is C[C@H](C(=O)Nc1ncccn1)N1CCC(c2ccc(F)c(F)c2)CC1. The molecule has 1 atom stereocenters. The van der Waals surface area contributed by atoms with Gasteiger partial charge in [-0.15, -0.1) is 0 Å². The predicted octanol–water partition coefficient (Wildman–Crippen LogP) is 2.96. The summed E-state index contributed by atoms with van der Waals surface area (Å²) < 4.78 is 26.5. The first kappa shape index (κ1) is 17.4. The Balaban J connectivity index is 1.56. The van der Waals surface area contributed by atoms with E-state index in [0.29, 0.717) is 13.1 Å². The largest absolute Gasteiger partial charge is 0.293 e. The fourth-order valence-corrected chi connectivity index (χ4v) is 3.13. The summed E-state index contributed by atoms with van der Waals surface area (Å²) in [7, 11) is 0. The molecule has 132 valence electrons. The van der Waals surface area contributed by atoms with Crippen molar-refractivity contribution in [2.75, 3.05) is 18.4 Å². The van der Waals surface area contributed by atoms with Crippen molar-refractivity contribution in [1.29, 1.82) is 0 Å². The molecule has 1 aliphatic heterocycles. The number of benzene rings is 1. The van der Waals surface area contributed by atoms with Crippen molar-refractivity contribution >= 4 is 11.9 Å². The number of rotatable bonds is 4. The molecule has 1 aliphatic rings. The van der Waals surface area contributed by atoms with Crippen molar-refractivity contribution < 1.29 is 13.6 Å². The van der Waals surface area contributed by atoms with Crippen molar-refractivity contribution in [2.24, 2.45) is 0 Å². The zero-order chi connectivity index (χ0) is 17.8. The molecule has 0 saturated carbocycles. The molecule has 2 aromatic rings. The summed E-state index contributed by atoms with van der Waals surface area (Å²) in [5, 5.41) is 2.70. The number of aromatic nitrogens is 2. The lowest BCUT2D eigenvalue weighted by atomic mass is 9.89. The second-order valence-corrected chi connectivity index (χ2v) is 6.22. The minimum atomic E-state index is -0.824. The lowest BCUT2D eigenvalue weighted by Crippen LogP contribution is -2.45. The van der Waals surface area contributed by atoms with Gasteiger partial charge in [0.25, 0.3) is 0 Å². The first-order valence-electron chi connectivity index (χ1n) is 8.31. The number of anilines is 1. The zero-order valence-electron chi connectivity index (χ0n) is 14.0. The maximum atomic E-state index is 13.4. The molecule has 3 rings (SSSR count). The van der Waals surface area contributed by atoms with E-state index in [-0.39, 0.29) is 23.8 Å². The molecule has 0 bridgehead atoms. The van der Waals surface area contributed by atoms with Crippen LogP contribution in [0.5, 0.6) is 0 Å². The Morgan fingerprint density at radius 1 is 1.20 bits per heavy atom. The highest BCUT2D eigenvalue weighted by Gasteiger charge is 2.28. The average molecular weight is 346 g/mol. The number of amides is 1. The van der Waals surface area contributed by atoms with E-state index in [4.69, 9.17) is 0 Å². The fraction of sp³-hybridized carbons (Fsp3) is 0.389. The van der Waals surface area contributed by atoms with Crippen LogP contribution in [0.2, 0.25) is 0 Å². The Labute approximate surface area is 145 Å². The van der Waals surface area contributed by atoms with Crippen LogP contribution in [-0.2, 0) is 4.79 Å². The number of nitrogens with one attached hydrogen (secondary N) is 1. The van der Waals surface area contributed by atoms with Gasteiger partial charge in [0.1, 0.15) is 0 Å². The molecule has 2 heterocycles. The van der Waals surface area contributed by atoms with Crippen molar-refractivity contribution in [3.63, 3.8) is 0 Å². The van der Waals surface area contributed by atoms with Crippen LogP contribution in [0.25, 0.3) is 0 Å². The van der Waals surface area contributed by atoms with Crippen LogP contribution in [0.4, 0.5) is 14.7 Å². The Hall–Kier alpha value is -2.41. The van der Waals surface area contributed by atoms with Crippen molar-refractivity contribution in [3.05, 3.63) is 53.9 Å². The minimum absolute atomic E-state index is 0.155. The second-order valence-electron chi connectivity index (χ2n) is 6.22. The van der Waals surface area contributed by atoms with Gasteiger partial charge in [0, 0.05) is 12.4 Å². The summed E-state index contributed by atoms with van der Waals surface area (Å²) in [4.78, 5) is 22.4. The Bertz CT molecular complexity index is 733. The van der Waals surface area contributed by atoms with E-state index in [1.54, 1.807) is 24.5 Å². The summed E-state index contributed by atoms with van der Waals surface area (Å²) in [5.74, 6) is -1.32. The Morgan fingerprint density at radius 2 is 1.88 bits per heavy atom. The molecule has 25 heavy (non-hydrogen) atoms. The Kier molecular flexibility index (Phi) is 5.33. The fourth-order valence-electron chi connectivity index (χ4n) is 3.13. The van der Waals surface area contributed by atoms with E-state index in [1.165, 1.54) is 12.1 Å². The van der Waals surface area contributed by atoms with Gasteiger partial charge < -0.3 is 0 Å². The van der Waals surface area contributed by atoms with E-state index in [2.05, 4.69) is 20.2 Å². The topological polar surface area (TPSA) is 58.1 Å². The number of nitrogens with zero attached hydrogens (tertiary/aromatic N) is 3. The molecular formula is C18H20F2N4O. The molecule has 0 aliphatic carbocycles. The molecule has 0 radical (unpaired) electrons. The lowest BCUT2D eigenvalue weighted by molar-refractivity contribution is -0.121. The standard InChI is InChI=1S/C18H20F2N4O/c1-12(17(25)23-18-21-7-2-8-22-18)24-9-5-13(6-10-24)14-3-4-15(19)16(20)11-14/h2-4,7-8,11-13H,5-6,9-10H2,1H3,(H,21,22,23,25)/t12-/m1/s1. The maximum absolute atomic E-state index is 13.4. The summed E-state index contributed by atoms with van der Waals surface area (Å²) in [6.07, 6.45) is 4.73. The molecule has 1 N–H and O–H groups in total. The monoisotopic (exact) mass is 346 g/mol. The lowest BCUT2D eigenvalue weighted by Gasteiger charge is -2.35.